The zero-order valence-corrected chi connectivity index (χ0v) is 43.6. The van der Waals surface area contributed by atoms with Crippen LogP contribution in [0.5, 0.6) is 0 Å². The molecule has 0 aromatic rings. The minimum Gasteiger partial charge on any atom is -0.462 e. The van der Waals surface area contributed by atoms with E-state index in [9.17, 15) is 14.4 Å². The fourth-order valence-electron chi connectivity index (χ4n) is 8.98. The molecule has 0 N–H and O–H groups in total. The van der Waals surface area contributed by atoms with E-state index >= 15 is 0 Å². The number of unbranched alkanes of at least 4 members (excludes halogenated alkanes) is 43. The van der Waals surface area contributed by atoms with Crippen molar-refractivity contribution in [3.63, 3.8) is 0 Å². The first-order valence-electron chi connectivity index (χ1n) is 29.0. The van der Waals surface area contributed by atoms with E-state index in [0.717, 1.165) is 57.8 Å². The molecule has 1 unspecified atom stereocenters. The normalized spacial score (nSPS) is 11.9. The maximum Gasteiger partial charge on any atom is 0.306 e. The van der Waals surface area contributed by atoms with E-state index in [1.165, 1.54) is 238 Å². The van der Waals surface area contributed by atoms with Crippen molar-refractivity contribution >= 4 is 17.9 Å². The standard InChI is InChI=1S/C58H112O6/c1-4-7-10-13-16-19-22-24-26-28-29-30-32-33-36-39-42-45-48-51-57(60)63-54-55(53-62-56(59)50-47-44-41-38-35-21-18-15-12-9-6-3)64-58(61)52-49-46-43-40-37-34-31-27-25-23-20-17-14-11-8-5-2/h55H,4-54H2,1-3H3. The van der Waals surface area contributed by atoms with E-state index in [4.69, 9.17) is 14.2 Å². The monoisotopic (exact) mass is 905 g/mol. The molecular formula is C58H112O6. The summed E-state index contributed by atoms with van der Waals surface area (Å²) in [4.78, 5) is 38.1. The summed E-state index contributed by atoms with van der Waals surface area (Å²) in [5.41, 5.74) is 0. The van der Waals surface area contributed by atoms with Gasteiger partial charge in [0, 0.05) is 19.3 Å². The van der Waals surface area contributed by atoms with Crippen LogP contribution in [0.25, 0.3) is 0 Å². The molecule has 6 heteroatoms. The number of esters is 3. The molecule has 0 saturated carbocycles. The zero-order valence-electron chi connectivity index (χ0n) is 43.6. The number of ether oxygens (including phenoxy) is 3. The predicted molar refractivity (Wildman–Crippen MR) is 275 cm³/mol. The van der Waals surface area contributed by atoms with Crippen LogP contribution in [0.4, 0.5) is 0 Å². The Hall–Kier alpha value is -1.59. The first kappa shape index (κ1) is 62.4. The lowest BCUT2D eigenvalue weighted by atomic mass is 10.0. The van der Waals surface area contributed by atoms with Gasteiger partial charge in [0.1, 0.15) is 13.2 Å². The van der Waals surface area contributed by atoms with Crippen molar-refractivity contribution in [3.05, 3.63) is 0 Å². The second kappa shape index (κ2) is 54.0. The Morgan fingerprint density at radius 1 is 0.250 bits per heavy atom. The lowest BCUT2D eigenvalue weighted by Gasteiger charge is -2.18. The number of carbonyl (C=O) groups excluding carboxylic acids is 3. The fourth-order valence-corrected chi connectivity index (χ4v) is 8.98. The topological polar surface area (TPSA) is 78.9 Å². The van der Waals surface area contributed by atoms with Crippen LogP contribution in [-0.2, 0) is 28.6 Å². The minimum absolute atomic E-state index is 0.0611. The summed E-state index contributed by atoms with van der Waals surface area (Å²) in [5, 5.41) is 0. The van der Waals surface area contributed by atoms with Gasteiger partial charge in [0.2, 0.25) is 0 Å². The Morgan fingerprint density at radius 2 is 0.422 bits per heavy atom. The highest BCUT2D eigenvalue weighted by Gasteiger charge is 2.19. The average Bonchev–Trinajstić information content (AvgIpc) is 3.29. The minimum atomic E-state index is -0.760. The number of hydrogen-bond donors (Lipinski definition) is 0. The molecule has 0 aliphatic carbocycles. The van der Waals surface area contributed by atoms with E-state index in [2.05, 4.69) is 20.8 Å². The SMILES string of the molecule is CCCCCCCCCCCCCCCCCCCCCC(=O)OCC(COC(=O)CCCCCCCCCCCCC)OC(=O)CCCCCCCCCCCCCCCCCC. The Labute approximate surface area is 399 Å². The van der Waals surface area contributed by atoms with Crippen molar-refractivity contribution in [2.24, 2.45) is 0 Å². The van der Waals surface area contributed by atoms with Gasteiger partial charge in [-0.15, -0.1) is 0 Å². The maximum absolute atomic E-state index is 12.8. The Kier molecular flexibility index (Phi) is 52.7. The summed E-state index contributed by atoms with van der Waals surface area (Å²) in [5.74, 6) is -0.833. The lowest BCUT2D eigenvalue weighted by Crippen LogP contribution is -2.30. The molecule has 64 heavy (non-hydrogen) atoms. The third kappa shape index (κ3) is 51.4. The van der Waals surface area contributed by atoms with Crippen molar-refractivity contribution in [1.29, 1.82) is 0 Å². The molecule has 6 nitrogen and oxygen atoms in total. The lowest BCUT2D eigenvalue weighted by molar-refractivity contribution is -0.167. The van der Waals surface area contributed by atoms with E-state index in [1.54, 1.807) is 0 Å². The van der Waals surface area contributed by atoms with Crippen LogP contribution in [-0.4, -0.2) is 37.2 Å². The van der Waals surface area contributed by atoms with Gasteiger partial charge in [0.15, 0.2) is 6.10 Å². The fraction of sp³-hybridized carbons (Fsp3) is 0.948. The van der Waals surface area contributed by atoms with Crippen LogP contribution in [0.1, 0.15) is 335 Å². The molecule has 0 aromatic carbocycles. The van der Waals surface area contributed by atoms with Crippen molar-refractivity contribution in [3.8, 4) is 0 Å². The van der Waals surface area contributed by atoms with Crippen molar-refractivity contribution in [2.75, 3.05) is 13.2 Å². The summed E-state index contributed by atoms with van der Waals surface area (Å²) in [7, 11) is 0. The molecule has 0 amide bonds. The predicted octanol–water partition coefficient (Wildman–Crippen LogP) is 19.2. The molecule has 0 fully saturated rings. The third-order valence-electron chi connectivity index (χ3n) is 13.4. The average molecular weight is 906 g/mol. The van der Waals surface area contributed by atoms with Crippen molar-refractivity contribution in [2.45, 2.75) is 341 Å². The molecule has 0 rings (SSSR count). The Balaban J connectivity index is 4.24. The van der Waals surface area contributed by atoms with Gasteiger partial charge in [-0.2, -0.15) is 0 Å². The molecule has 0 bridgehead atoms. The molecule has 0 aliphatic rings. The zero-order chi connectivity index (χ0) is 46.5. The van der Waals surface area contributed by atoms with Crippen molar-refractivity contribution < 1.29 is 28.6 Å². The van der Waals surface area contributed by atoms with E-state index < -0.39 is 6.10 Å². The second-order valence-electron chi connectivity index (χ2n) is 19.9. The molecule has 0 spiro atoms. The molecule has 0 aliphatic heterocycles. The van der Waals surface area contributed by atoms with Crippen LogP contribution in [0.2, 0.25) is 0 Å². The molecular weight excluding hydrogens is 793 g/mol. The van der Waals surface area contributed by atoms with Gasteiger partial charge in [-0.05, 0) is 19.3 Å². The molecule has 0 heterocycles. The summed E-state index contributed by atoms with van der Waals surface area (Å²) < 4.78 is 16.9. The Bertz CT molecular complexity index is 951. The second-order valence-corrected chi connectivity index (χ2v) is 19.9. The highest BCUT2D eigenvalue weighted by Crippen LogP contribution is 2.18. The van der Waals surface area contributed by atoms with Crippen molar-refractivity contribution in [1.82, 2.24) is 0 Å². The van der Waals surface area contributed by atoms with Gasteiger partial charge in [-0.1, -0.05) is 297 Å². The summed E-state index contributed by atoms with van der Waals surface area (Å²) >= 11 is 0. The first-order valence-corrected chi connectivity index (χ1v) is 29.0. The smallest absolute Gasteiger partial charge is 0.306 e. The Morgan fingerprint density at radius 3 is 0.625 bits per heavy atom. The largest absolute Gasteiger partial charge is 0.462 e. The van der Waals surface area contributed by atoms with E-state index in [-0.39, 0.29) is 31.1 Å². The number of rotatable bonds is 54. The molecule has 380 valence electrons. The molecule has 1 atom stereocenters. The maximum atomic E-state index is 12.8. The quantitative estimate of drug-likeness (QED) is 0.0344. The molecule has 0 aromatic heterocycles. The van der Waals surface area contributed by atoms with Crippen LogP contribution < -0.4 is 0 Å². The number of hydrogen-bond acceptors (Lipinski definition) is 6. The number of carbonyl (C=O) groups is 3. The van der Waals surface area contributed by atoms with Crippen LogP contribution in [0.3, 0.4) is 0 Å². The summed E-state index contributed by atoms with van der Waals surface area (Å²) in [6.07, 6.45) is 59.5. The molecule has 0 saturated heterocycles. The van der Waals surface area contributed by atoms with Crippen LogP contribution >= 0.6 is 0 Å². The van der Waals surface area contributed by atoms with Gasteiger partial charge in [-0.25, -0.2) is 0 Å². The van der Waals surface area contributed by atoms with Gasteiger partial charge in [0.05, 0.1) is 0 Å². The van der Waals surface area contributed by atoms with Gasteiger partial charge >= 0.3 is 17.9 Å². The highest BCUT2D eigenvalue weighted by atomic mass is 16.6. The van der Waals surface area contributed by atoms with Crippen LogP contribution in [0.15, 0.2) is 0 Å². The van der Waals surface area contributed by atoms with E-state index in [1.807, 2.05) is 0 Å². The first-order chi connectivity index (χ1) is 31.5. The summed E-state index contributed by atoms with van der Waals surface area (Å²) in [6, 6.07) is 0. The third-order valence-corrected chi connectivity index (χ3v) is 13.4. The molecule has 0 radical (unpaired) electrons. The highest BCUT2D eigenvalue weighted by molar-refractivity contribution is 5.71. The van der Waals surface area contributed by atoms with Gasteiger partial charge < -0.3 is 14.2 Å². The van der Waals surface area contributed by atoms with Crippen LogP contribution in [0, 0.1) is 0 Å². The van der Waals surface area contributed by atoms with Gasteiger partial charge in [0.25, 0.3) is 0 Å². The summed E-state index contributed by atoms with van der Waals surface area (Å²) in [6.45, 7) is 6.70. The van der Waals surface area contributed by atoms with E-state index in [0.29, 0.717) is 19.3 Å². The van der Waals surface area contributed by atoms with Gasteiger partial charge in [-0.3, -0.25) is 14.4 Å².